The molecule has 2 aromatic rings. The lowest BCUT2D eigenvalue weighted by molar-refractivity contribution is 0.476. The maximum atomic E-state index is 5.04. The fourth-order valence-corrected chi connectivity index (χ4v) is 5.22. The van der Waals surface area contributed by atoms with E-state index in [0.29, 0.717) is 12.0 Å². The average molecular weight is 298 g/mol. The third kappa shape index (κ3) is 2.33. The highest BCUT2D eigenvalue weighted by Crippen LogP contribution is 2.43. The van der Waals surface area contributed by atoms with Crippen molar-refractivity contribution in [1.29, 1.82) is 0 Å². The van der Waals surface area contributed by atoms with Crippen LogP contribution in [-0.2, 0) is 12.8 Å². The maximum Gasteiger partial charge on any atom is 0.101 e. The van der Waals surface area contributed by atoms with Crippen LogP contribution in [0.1, 0.15) is 64.9 Å². The summed E-state index contributed by atoms with van der Waals surface area (Å²) >= 11 is 1.97. The number of thiazole rings is 1. The number of hydrogen-bond donors (Lipinski definition) is 1. The lowest BCUT2D eigenvalue weighted by atomic mass is 9.98. The minimum Gasteiger partial charge on any atom is -0.309 e. The zero-order valence-corrected chi connectivity index (χ0v) is 13.4. The van der Waals surface area contributed by atoms with Gasteiger partial charge in [0.25, 0.3) is 0 Å². The molecule has 1 N–H and O–H groups in total. The first-order chi connectivity index (χ1) is 10.4. The molecular formula is C18H22N2S. The number of fused-ring (bicyclic) bond motifs is 2. The van der Waals surface area contributed by atoms with Crippen LogP contribution in [0.25, 0.3) is 0 Å². The molecule has 110 valence electrons. The SMILES string of the molecule is CCNC1CCCc2nc(C3CCc4ccccc43)sc21. The summed E-state index contributed by atoms with van der Waals surface area (Å²) in [7, 11) is 0. The summed E-state index contributed by atoms with van der Waals surface area (Å²) in [6.07, 6.45) is 6.15. The topological polar surface area (TPSA) is 24.9 Å². The van der Waals surface area contributed by atoms with Crippen molar-refractivity contribution in [1.82, 2.24) is 10.3 Å². The zero-order chi connectivity index (χ0) is 14.2. The van der Waals surface area contributed by atoms with Crippen LogP contribution in [0.2, 0.25) is 0 Å². The van der Waals surface area contributed by atoms with E-state index < -0.39 is 0 Å². The van der Waals surface area contributed by atoms with Crippen LogP contribution in [0.5, 0.6) is 0 Å². The molecule has 21 heavy (non-hydrogen) atoms. The molecule has 2 aliphatic rings. The molecule has 0 saturated heterocycles. The molecule has 0 amide bonds. The number of nitrogens with one attached hydrogen (secondary N) is 1. The van der Waals surface area contributed by atoms with Gasteiger partial charge in [-0.05, 0) is 49.8 Å². The Labute approximate surface area is 130 Å². The minimum atomic E-state index is 0.541. The molecule has 1 aromatic carbocycles. The van der Waals surface area contributed by atoms with Crippen LogP contribution < -0.4 is 5.32 Å². The summed E-state index contributed by atoms with van der Waals surface area (Å²) in [6, 6.07) is 9.46. The molecule has 2 unspecified atom stereocenters. The summed E-state index contributed by atoms with van der Waals surface area (Å²) in [6.45, 7) is 3.24. The van der Waals surface area contributed by atoms with Gasteiger partial charge >= 0.3 is 0 Å². The number of hydrogen-bond acceptors (Lipinski definition) is 3. The molecule has 4 rings (SSSR count). The Balaban J connectivity index is 1.69. The molecular weight excluding hydrogens is 276 g/mol. The van der Waals surface area contributed by atoms with Crippen molar-refractivity contribution >= 4 is 11.3 Å². The van der Waals surface area contributed by atoms with E-state index in [2.05, 4.69) is 36.5 Å². The fraction of sp³-hybridized carbons (Fsp3) is 0.500. The van der Waals surface area contributed by atoms with E-state index in [0.717, 1.165) is 6.54 Å². The van der Waals surface area contributed by atoms with E-state index in [4.69, 9.17) is 4.98 Å². The van der Waals surface area contributed by atoms with Gasteiger partial charge in [-0.25, -0.2) is 4.98 Å². The summed E-state index contributed by atoms with van der Waals surface area (Å²) in [5.74, 6) is 0.541. The van der Waals surface area contributed by atoms with E-state index in [1.165, 1.54) is 58.8 Å². The van der Waals surface area contributed by atoms with Crippen LogP contribution in [0.15, 0.2) is 24.3 Å². The predicted octanol–water partition coefficient (Wildman–Crippen LogP) is 4.21. The van der Waals surface area contributed by atoms with Crippen molar-refractivity contribution in [3.8, 4) is 0 Å². The highest BCUT2D eigenvalue weighted by Gasteiger charge is 2.30. The number of aryl methyl sites for hydroxylation is 2. The van der Waals surface area contributed by atoms with Crippen molar-refractivity contribution in [3.05, 3.63) is 51.0 Å². The van der Waals surface area contributed by atoms with Crippen molar-refractivity contribution < 1.29 is 0 Å². The fourth-order valence-electron chi connectivity index (χ4n) is 3.84. The highest BCUT2D eigenvalue weighted by atomic mass is 32.1. The normalized spacial score (nSPS) is 23.9. The first-order valence-corrected chi connectivity index (χ1v) is 8.99. The Morgan fingerprint density at radius 3 is 3.05 bits per heavy atom. The third-order valence-electron chi connectivity index (χ3n) is 4.85. The molecule has 2 nitrogen and oxygen atoms in total. The first-order valence-electron chi connectivity index (χ1n) is 8.17. The molecule has 0 spiro atoms. The standard InChI is InChI=1S/C18H22N2S/c1-2-19-15-8-5-9-16-17(15)21-18(20-16)14-11-10-12-6-3-4-7-13(12)14/h3-4,6-7,14-15,19H,2,5,8-11H2,1H3. The van der Waals surface area contributed by atoms with Crippen LogP contribution in [-0.4, -0.2) is 11.5 Å². The second-order valence-electron chi connectivity index (χ2n) is 6.16. The molecule has 1 heterocycles. The monoisotopic (exact) mass is 298 g/mol. The lowest BCUT2D eigenvalue weighted by Crippen LogP contribution is -2.23. The van der Waals surface area contributed by atoms with Gasteiger partial charge in [0.1, 0.15) is 5.01 Å². The van der Waals surface area contributed by atoms with Gasteiger partial charge in [-0.1, -0.05) is 31.2 Å². The minimum absolute atomic E-state index is 0.541. The Morgan fingerprint density at radius 2 is 2.14 bits per heavy atom. The largest absolute Gasteiger partial charge is 0.309 e. The van der Waals surface area contributed by atoms with Crippen LogP contribution >= 0.6 is 11.3 Å². The van der Waals surface area contributed by atoms with Crippen molar-refractivity contribution in [2.24, 2.45) is 0 Å². The number of nitrogens with zero attached hydrogens (tertiary/aromatic N) is 1. The maximum absolute atomic E-state index is 5.04. The van der Waals surface area contributed by atoms with Crippen LogP contribution in [0, 0.1) is 0 Å². The molecule has 2 atom stereocenters. The number of benzene rings is 1. The molecule has 0 bridgehead atoms. The van der Waals surface area contributed by atoms with E-state index in [-0.39, 0.29) is 0 Å². The van der Waals surface area contributed by atoms with Gasteiger partial charge in [-0.15, -0.1) is 11.3 Å². The van der Waals surface area contributed by atoms with Crippen molar-refractivity contribution in [2.45, 2.75) is 51.0 Å². The van der Waals surface area contributed by atoms with Crippen molar-refractivity contribution in [2.75, 3.05) is 6.54 Å². The average Bonchev–Trinajstić information content (AvgIpc) is 3.11. The van der Waals surface area contributed by atoms with Gasteiger partial charge in [0.15, 0.2) is 0 Å². The molecule has 0 saturated carbocycles. The predicted molar refractivity (Wildman–Crippen MR) is 88.1 cm³/mol. The quantitative estimate of drug-likeness (QED) is 0.918. The summed E-state index contributed by atoms with van der Waals surface area (Å²) in [5.41, 5.74) is 4.42. The number of rotatable bonds is 3. The van der Waals surface area contributed by atoms with Gasteiger partial charge in [-0.3, -0.25) is 0 Å². The third-order valence-corrected chi connectivity index (χ3v) is 6.17. The smallest absolute Gasteiger partial charge is 0.101 e. The molecule has 0 aliphatic heterocycles. The van der Waals surface area contributed by atoms with Crippen LogP contribution in [0.3, 0.4) is 0 Å². The Hall–Kier alpha value is -1.19. The molecule has 3 heteroatoms. The Morgan fingerprint density at radius 1 is 1.24 bits per heavy atom. The molecule has 2 aliphatic carbocycles. The van der Waals surface area contributed by atoms with Crippen LogP contribution in [0.4, 0.5) is 0 Å². The molecule has 1 aromatic heterocycles. The van der Waals surface area contributed by atoms with Gasteiger partial charge in [0, 0.05) is 16.8 Å². The van der Waals surface area contributed by atoms with Crippen molar-refractivity contribution in [3.63, 3.8) is 0 Å². The van der Waals surface area contributed by atoms with E-state index in [1.807, 2.05) is 11.3 Å². The molecule has 0 fully saturated rings. The summed E-state index contributed by atoms with van der Waals surface area (Å²) < 4.78 is 0. The Bertz CT molecular complexity index is 646. The molecule has 0 radical (unpaired) electrons. The zero-order valence-electron chi connectivity index (χ0n) is 12.6. The van der Waals surface area contributed by atoms with E-state index >= 15 is 0 Å². The Kier molecular flexibility index (Phi) is 3.56. The van der Waals surface area contributed by atoms with E-state index in [1.54, 1.807) is 0 Å². The number of aromatic nitrogens is 1. The summed E-state index contributed by atoms with van der Waals surface area (Å²) in [4.78, 5) is 6.56. The summed E-state index contributed by atoms with van der Waals surface area (Å²) in [5, 5.41) is 4.99. The van der Waals surface area contributed by atoms with Gasteiger partial charge < -0.3 is 5.32 Å². The first kappa shape index (κ1) is 13.5. The van der Waals surface area contributed by atoms with Gasteiger partial charge in [0.2, 0.25) is 0 Å². The highest BCUT2D eigenvalue weighted by molar-refractivity contribution is 7.12. The van der Waals surface area contributed by atoms with E-state index in [9.17, 15) is 0 Å². The van der Waals surface area contributed by atoms with Gasteiger partial charge in [-0.2, -0.15) is 0 Å². The second-order valence-corrected chi connectivity index (χ2v) is 7.22. The van der Waals surface area contributed by atoms with Gasteiger partial charge in [0.05, 0.1) is 5.69 Å². The second kappa shape index (κ2) is 5.54. The lowest BCUT2D eigenvalue weighted by Gasteiger charge is -2.21.